The number of ether oxygens (including phenoxy) is 1. The average molecular weight is 168 g/mol. The molecule has 1 rings (SSSR count). The molecule has 1 radical (unpaired) electrons. The molecule has 0 N–H and O–H groups in total. The van der Waals surface area contributed by atoms with Crippen molar-refractivity contribution >= 4 is 5.69 Å². The highest BCUT2D eigenvalue weighted by atomic mass is 19.1. The zero-order valence-corrected chi connectivity index (χ0v) is 7.39. The van der Waals surface area contributed by atoms with Crippen molar-refractivity contribution in [1.82, 2.24) is 0 Å². The fraction of sp³-hybridized carbons (Fsp3) is 0.333. The molecule has 1 aromatic carbocycles. The van der Waals surface area contributed by atoms with Crippen molar-refractivity contribution in [2.24, 2.45) is 0 Å². The molecular weight excluding hydrogens is 157 g/mol. The lowest BCUT2D eigenvalue weighted by molar-refractivity contribution is 0.385. The number of anilines is 1. The standard InChI is InChI=1S/C9H11FNO/c1-11(2)7-4-5-8(10)9(6-7)12-3/h4-5H,1-3H3. The molecule has 0 spiro atoms. The van der Waals surface area contributed by atoms with Crippen LogP contribution >= 0.6 is 0 Å². The molecular formula is C9H11FNO. The van der Waals surface area contributed by atoms with Crippen LogP contribution in [-0.4, -0.2) is 21.2 Å². The molecule has 0 amide bonds. The molecule has 2 nitrogen and oxygen atoms in total. The van der Waals surface area contributed by atoms with Crippen LogP contribution in [0.2, 0.25) is 0 Å². The van der Waals surface area contributed by atoms with E-state index in [9.17, 15) is 4.39 Å². The van der Waals surface area contributed by atoms with Crippen molar-refractivity contribution < 1.29 is 9.13 Å². The monoisotopic (exact) mass is 168 g/mol. The molecule has 0 saturated heterocycles. The van der Waals surface area contributed by atoms with E-state index in [0.717, 1.165) is 5.69 Å². The Morgan fingerprint density at radius 3 is 2.58 bits per heavy atom. The quantitative estimate of drug-likeness (QED) is 0.666. The third-order valence-corrected chi connectivity index (χ3v) is 1.53. The smallest absolute Gasteiger partial charge is 0.165 e. The molecule has 0 bridgehead atoms. The Kier molecular flexibility index (Phi) is 2.53. The first-order chi connectivity index (χ1) is 5.65. The van der Waals surface area contributed by atoms with Crippen LogP contribution in [0.1, 0.15) is 0 Å². The molecule has 0 atom stereocenters. The second-order valence-corrected chi connectivity index (χ2v) is 2.62. The van der Waals surface area contributed by atoms with E-state index in [1.165, 1.54) is 13.2 Å². The number of halogens is 1. The summed E-state index contributed by atoms with van der Waals surface area (Å²) >= 11 is 0. The third kappa shape index (κ3) is 1.67. The summed E-state index contributed by atoms with van der Waals surface area (Å²) in [5.74, 6) is -0.232. The molecule has 0 unspecified atom stereocenters. The van der Waals surface area contributed by atoms with Gasteiger partial charge in [0.05, 0.1) is 13.2 Å². The molecule has 0 heterocycles. The first kappa shape index (κ1) is 8.84. The van der Waals surface area contributed by atoms with Crippen molar-refractivity contribution in [3.8, 4) is 5.75 Å². The Balaban J connectivity index is 3.05. The van der Waals surface area contributed by atoms with E-state index in [0.29, 0.717) is 0 Å². The highest BCUT2D eigenvalue weighted by molar-refractivity contribution is 5.48. The Morgan fingerprint density at radius 2 is 2.08 bits per heavy atom. The van der Waals surface area contributed by atoms with Crippen LogP contribution in [-0.2, 0) is 0 Å². The Morgan fingerprint density at radius 1 is 1.42 bits per heavy atom. The number of nitrogens with zero attached hydrogens (tertiary/aromatic N) is 1. The molecule has 0 aromatic heterocycles. The van der Waals surface area contributed by atoms with Gasteiger partial charge in [0, 0.05) is 19.8 Å². The Bertz CT molecular complexity index is 273. The van der Waals surface area contributed by atoms with Crippen LogP contribution in [0.25, 0.3) is 0 Å². The van der Waals surface area contributed by atoms with Crippen molar-refractivity contribution in [3.63, 3.8) is 0 Å². The topological polar surface area (TPSA) is 12.5 Å². The van der Waals surface area contributed by atoms with E-state index >= 15 is 0 Å². The van der Waals surface area contributed by atoms with Crippen LogP contribution in [0, 0.1) is 11.9 Å². The molecule has 3 heteroatoms. The summed E-state index contributed by atoms with van der Waals surface area (Å²) in [7, 11) is 5.15. The molecule has 1 aromatic rings. The number of benzene rings is 1. The van der Waals surface area contributed by atoms with Crippen molar-refractivity contribution in [2.75, 3.05) is 26.1 Å². The average Bonchev–Trinajstić information content (AvgIpc) is 2.05. The molecule has 0 aliphatic carbocycles. The minimum Gasteiger partial charge on any atom is -0.493 e. The summed E-state index contributed by atoms with van der Waals surface area (Å²) in [6, 6.07) is 5.81. The summed E-state index contributed by atoms with van der Waals surface area (Å²) in [5, 5.41) is 0. The zero-order valence-electron chi connectivity index (χ0n) is 7.39. The van der Waals surface area contributed by atoms with Gasteiger partial charge in [-0.2, -0.15) is 0 Å². The van der Waals surface area contributed by atoms with Crippen LogP contribution < -0.4 is 9.64 Å². The van der Waals surface area contributed by atoms with Gasteiger partial charge in [0.1, 0.15) is 0 Å². The highest BCUT2D eigenvalue weighted by Crippen LogP contribution is 2.21. The van der Waals surface area contributed by atoms with Crippen LogP contribution in [0.4, 0.5) is 10.1 Å². The van der Waals surface area contributed by atoms with Gasteiger partial charge in [-0.15, -0.1) is 0 Å². The van der Waals surface area contributed by atoms with Gasteiger partial charge in [-0.3, -0.25) is 0 Å². The van der Waals surface area contributed by atoms with E-state index in [-0.39, 0.29) is 11.6 Å². The summed E-state index contributed by atoms with van der Waals surface area (Å²) in [5.41, 5.74) is 0.799. The maximum Gasteiger partial charge on any atom is 0.165 e. The minimum absolute atomic E-state index is 0.154. The summed E-state index contributed by atoms with van der Waals surface area (Å²) in [6.45, 7) is 0. The number of hydrogen-bond donors (Lipinski definition) is 0. The fourth-order valence-electron chi connectivity index (χ4n) is 0.855. The van der Waals surface area contributed by atoms with E-state index in [1.54, 1.807) is 6.07 Å². The van der Waals surface area contributed by atoms with Gasteiger partial charge in [0.15, 0.2) is 11.6 Å². The van der Waals surface area contributed by atoms with Gasteiger partial charge >= 0.3 is 0 Å². The molecule has 0 aliphatic heterocycles. The van der Waals surface area contributed by atoms with Crippen LogP contribution in [0.5, 0.6) is 5.75 Å². The first-order valence-electron chi connectivity index (χ1n) is 3.58. The molecule has 65 valence electrons. The number of methoxy groups -OCH3 is 1. The highest BCUT2D eigenvalue weighted by Gasteiger charge is 2.04. The predicted molar refractivity (Wildman–Crippen MR) is 46.1 cm³/mol. The number of rotatable bonds is 2. The Labute approximate surface area is 71.6 Å². The normalized spacial score (nSPS) is 9.67. The van der Waals surface area contributed by atoms with Crippen molar-refractivity contribution in [1.29, 1.82) is 0 Å². The van der Waals surface area contributed by atoms with Crippen LogP contribution in [0.3, 0.4) is 0 Å². The van der Waals surface area contributed by atoms with E-state index in [1.807, 2.05) is 19.0 Å². The fourth-order valence-corrected chi connectivity index (χ4v) is 0.855. The molecule has 12 heavy (non-hydrogen) atoms. The second-order valence-electron chi connectivity index (χ2n) is 2.62. The maximum atomic E-state index is 12.9. The van der Waals surface area contributed by atoms with E-state index < -0.39 is 0 Å². The molecule has 0 saturated carbocycles. The van der Waals surface area contributed by atoms with Gasteiger partial charge in [0.25, 0.3) is 0 Å². The number of hydrogen-bond acceptors (Lipinski definition) is 2. The zero-order chi connectivity index (χ0) is 9.14. The van der Waals surface area contributed by atoms with Gasteiger partial charge in [-0.05, 0) is 12.1 Å². The predicted octanol–water partition coefficient (Wildman–Crippen LogP) is 1.70. The first-order valence-corrected chi connectivity index (χ1v) is 3.58. The van der Waals surface area contributed by atoms with Gasteiger partial charge in [0.2, 0.25) is 0 Å². The lowest BCUT2D eigenvalue weighted by Gasteiger charge is -2.12. The molecule has 0 aliphatic rings. The van der Waals surface area contributed by atoms with Crippen LogP contribution in [0.15, 0.2) is 12.1 Å². The lowest BCUT2D eigenvalue weighted by Crippen LogP contribution is -2.08. The van der Waals surface area contributed by atoms with Gasteiger partial charge in [-0.1, -0.05) is 0 Å². The summed E-state index contributed by atoms with van der Waals surface area (Å²) in [4.78, 5) is 1.84. The van der Waals surface area contributed by atoms with Gasteiger partial charge < -0.3 is 9.64 Å². The van der Waals surface area contributed by atoms with Gasteiger partial charge in [-0.25, -0.2) is 4.39 Å². The maximum absolute atomic E-state index is 12.9. The van der Waals surface area contributed by atoms with E-state index in [2.05, 4.69) is 6.07 Å². The van der Waals surface area contributed by atoms with Crippen molar-refractivity contribution in [3.05, 3.63) is 24.0 Å². The SMILES string of the molecule is COc1[c]c(N(C)C)ccc1F. The van der Waals surface area contributed by atoms with E-state index in [4.69, 9.17) is 4.74 Å². The van der Waals surface area contributed by atoms with Crippen molar-refractivity contribution in [2.45, 2.75) is 0 Å². The minimum atomic E-state index is -0.386. The second kappa shape index (κ2) is 3.43. The Hall–Kier alpha value is -1.25. The summed E-state index contributed by atoms with van der Waals surface area (Å²) in [6.07, 6.45) is 0. The largest absolute Gasteiger partial charge is 0.493 e. The lowest BCUT2D eigenvalue weighted by atomic mass is 10.3. The molecule has 0 fully saturated rings. The summed E-state index contributed by atoms with van der Waals surface area (Å²) < 4.78 is 17.6. The third-order valence-electron chi connectivity index (χ3n) is 1.53.